The van der Waals surface area contributed by atoms with Gasteiger partial charge in [-0.2, -0.15) is 0 Å². The van der Waals surface area contributed by atoms with Gasteiger partial charge >= 0.3 is 0 Å². The average Bonchev–Trinajstić information content (AvgIpc) is 2.16. The molecule has 1 aromatic carbocycles. The predicted octanol–water partition coefficient (Wildman–Crippen LogP) is 4.67. The van der Waals surface area contributed by atoms with Gasteiger partial charge in [-0.25, -0.2) is 8.78 Å². The summed E-state index contributed by atoms with van der Waals surface area (Å²) in [6.45, 7) is 5.73. The van der Waals surface area contributed by atoms with E-state index in [2.05, 4.69) is 0 Å². The molecule has 0 radical (unpaired) electrons. The van der Waals surface area contributed by atoms with Gasteiger partial charge in [0.2, 0.25) is 0 Å². The second-order valence-electron chi connectivity index (χ2n) is 4.43. The Morgan fingerprint density at radius 2 is 1.94 bits per heavy atom. The van der Waals surface area contributed by atoms with Crippen LogP contribution in [0.25, 0.3) is 0 Å². The minimum absolute atomic E-state index is 0.0266. The lowest BCUT2D eigenvalue weighted by Crippen LogP contribution is -2.16. The Balaban J connectivity index is 3.36. The Morgan fingerprint density at radius 1 is 1.38 bits per heavy atom. The van der Waals surface area contributed by atoms with E-state index >= 15 is 0 Å². The van der Waals surface area contributed by atoms with Crippen molar-refractivity contribution >= 4 is 11.6 Å². The molecule has 0 saturated carbocycles. The first kappa shape index (κ1) is 13.2. The third kappa shape index (κ3) is 2.46. The third-order valence-corrected chi connectivity index (χ3v) is 3.29. The number of alkyl halides is 2. The van der Waals surface area contributed by atoms with Crippen LogP contribution >= 0.6 is 11.6 Å². The second-order valence-corrected chi connectivity index (χ2v) is 4.84. The van der Waals surface area contributed by atoms with Gasteiger partial charge < -0.3 is 5.11 Å². The highest BCUT2D eigenvalue weighted by atomic mass is 35.5. The number of hydrogen-bond donors (Lipinski definition) is 1. The van der Waals surface area contributed by atoms with Gasteiger partial charge in [-0.05, 0) is 24.0 Å². The first-order chi connectivity index (χ1) is 7.29. The Morgan fingerprint density at radius 3 is 2.38 bits per heavy atom. The zero-order valence-corrected chi connectivity index (χ0v) is 10.3. The molecule has 0 heterocycles. The van der Waals surface area contributed by atoms with E-state index in [4.69, 9.17) is 11.6 Å². The third-order valence-electron chi connectivity index (χ3n) is 2.96. The first-order valence-electron chi connectivity index (χ1n) is 5.10. The Labute approximate surface area is 99.0 Å². The Hall–Kier alpha value is -0.830. The number of rotatable bonds is 3. The highest BCUT2D eigenvalue weighted by molar-refractivity contribution is 6.31. The SMILES string of the molecule is CCC(C)(C)c1cc(C(F)F)c(Cl)cc1O. The summed E-state index contributed by atoms with van der Waals surface area (Å²) in [5, 5.41) is 9.64. The molecule has 4 heteroatoms. The zero-order chi connectivity index (χ0) is 12.5. The summed E-state index contributed by atoms with van der Waals surface area (Å²) < 4.78 is 25.3. The van der Waals surface area contributed by atoms with Crippen LogP contribution in [-0.4, -0.2) is 5.11 Å². The van der Waals surface area contributed by atoms with Crippen molar-refractivity contribution in [3.63, 3.8) is 0 Å². The molecule has 90 valence electrons. The largest absolute Gasteiger partial charge is 0.508 e. The summed E-state index contributed by atoms with van der Waals surface area (Å²) in [7, 11) is 0. The lowest BCUT2D eigenvalue weighted by Gasteiger charge is -2.25. The van der Waals surface area contributed by atoms with E-state index < -0.39 is 6.43 Å². The van der Waals surface area contributed by atoms with Crippen molar-refractivity contribution in [2.45, 2.75) is 39.0 Å². The van der Waals surface area contributed by atoms with Crippen LogP contribution in [0.5, 0.6) is 5.75 Å². The topological polar surface area (TPSA) is 20.2 Å². The van der Waals surface area contributed by atoms with E-state index in [-0.39, 0.29) is 21.8 Å². The number of benzene rings is 1. The van der Waals surface area contributed by atoms with Gasteiger partial charge in [-0.3, -0.25) is 0 Å². The molecule has 1 rings (SSSR count). The summed E-state index contributed by atoms with van der Waals surface area (Å²) in [4.78, 5) is 0. The predicted molar refractivity (Wildman–Crippen MR) is 61.4 cm³/mol. The van der Waals surface area contributed by atoms with E-state index in [0.29, 0.717) is 5.56 Å². The summed E-state index contributed by atoms with van der Waals surface area (Å²) in [5.74, 6) is -0.0266. The molecule has 1 N–H and O–H groups in total. The summed E-state index contributed by atoms with van der Waals surface area (Å²) >= 11 is 5.65. The molecule has 0 aromatic heterocycles. The molecule has 0 aliphatic heterocycles. The van der Waals surface area contributed by atoms with Gasteiger partial charge in [-0.1, -0.05) is 32.4 Å². The number of phenolic OH excluding ortho intramolecular Hbond substituents is 1. The van der Waals surface area contributed by atoms with Crippen LogP contribution in [0.2, 0.25) is 5.02 Å². The summed E-state index contributed by atoms with van der Waals surface area (Å²) in [6.07, 6.45) is -1.88. The van der Waals surface area contributed by atoms with Crippen LogP contribution in [0.3, 0.4) is 0 Å². The molecule has 0 unspecified atom stereocenters. The molecule has 0 spiro atoms. The fourth-order valence-electron chi connectivity index (χ4n) is 1.48. The van der Waals surface area contributed by atoms with Gasteiger partial charge in [-0.15, -0.1) is 0 Å². The van der Waals surface area contributed by atoms with Gasteiger partial charge in [0.15, 0.2) is 0 Å². The van der Waals surface area contributed by atoms with Crippen molar-refractivity contribution in [1.82, 2.24) is 0 Å². The normalized spacial score (nSPS) is 12.2. The maximum absolute atomic E-state index is 12.7. The molecule has 0 bridgehead atoms. The Kier molecular flexibility index (Phi) is 3.79. The van der Waals surface area contributed by atoms with Crippen molar-refractivity contribution < 1.29 is 13.9 Å². The van der Waals surface area contributed by atoms with Crippen LogP contribution in [0, 0.1) is 0 Å². The van der Waals surface area contributed by atoms with Crippen molar-refractivity contribution in [3.8, 4) is 5.75 Å². The molecule has 1 nitrogen and oxygen atoms in total. The smallest absolute Gasteiger partial charge is 0.265 e. The van der Waals surface area contributed by atoms with Gasteiger partial charge in [0, 0.05) is 11.1 Å². The molecule has 1 aromatic rings. The minimum Gasteiger partial charge on any atom is -0.508 e. The maximum Gasteiger partial charge on any atom is 0.265 e. The number of phenols is 1. The summed E-state index contributed by atoms with van der Waals surface area (Å²) in [6, 6.07) is 2.49. The number of aromatic hydroxyl groups is 1. The van der Waals surface area contributed by atoms with Crippen LogP contribution < -0.4 is 0 Å². The van der Waals surface area contributed by atoms with Gasteiger partial charge in [0.25, 0.3) is 6.43 Å². The van der Waals surface area contributed by atoms with Gasteiger partial charge in [0.1, 0.15) is 5.75 Å². The van der Waals surface area contributed by atoms with Crippen LogP contribution in [0.4, 0.5) is 8.78 Å². The second kappa shape index (κ2) is 4.58. The monoisotopic (exact) mass is 248 g/mol. The van der Waals surface area contributed by atoms with E-state index in [1.54, 1.807) is 0 Å². The quantitative estimate of drug-likeness (QED) is 0.824. The first-order valence-corrected chi connectivity index (χ1v) is 5.48. The lowest BCUT2D eigenvalue weighted by molar-refractivity contribution is 0.151. The zero-order valence-electron chi connectivity index (χ0n) is 9.52. The maximum atomic E-state index is 12.7. The average molecular weight is 249 g/mol. The highest BCUT2D eigenvalue weighted by Gasteiger charge is 2.25. The van der Waals surface area contributed by atoms with E-state index in [0.717, 1.165) is 6.42 Å². The van der Waals surface area contributed by atoms with Crippen LogP contribution in [0.1, 0.15) is 44.7 Å². The van der Waals surface area contributed by atoms with Crippen LogP contribution in [-0.2, 0) is 5.41 Å². The standard InChI is InChI=1S/C12H15ClF2O/c1-4-12(2,3)8-5-7(11(14)15)9(13)6-10(8)16/h5-6,11,16H,4H2,1-3H3. The fourth-order valence-corrected chi connectivity index (χ4v) is 1.72. The highest BCUT2D eigenvalue weighted by Crippen LogP contribution is 2.39. The van der Waals surface area contributed by atoms with Crippen LogP contribution in [0.15, 0.2) is 12.1 Å². The van der Waals surface area contributed by atoms with E-state index in [1.165, 1.54) is 12.1 Å². The number of halogens is 3. The lowest BCUT2D eigenvalue weighted by atomic mass is 9.81. The molecule has 0 aliphatic carbocycles. The molecule has 0 atom stereocenters. The van der Waals surface area contributed by atoms with Gasteiger partial charge in [0.05, 0.1) is 5.02 Å². The molecular weight excluding hydrogens is 234 g/mol. The molecule has 0 amide bonds. The van der Waals surface area contributed by atoms with Crippen molar-refractivity contribution in [2.75, 3.05) is 0 Å². The number of hydrogen-bond acceptors (Lipinski definition) is 1. The van der Waals surface area contributed by atoms with E-state index in [9.17, 15) is 13.9 Å². The van der Waals surface area contributed by atoms with E-state index in [1.807, 2.05) is 20.8 Å². The molecular formula is C12H15ClF2O. The fraction of sp³-hybridized carbons (Fsp3) is 0.500. The molecule has 0 saturated heterocycles. The van der Waals surface area contributed by atoms with Crippen molar-refractivity contribution in [2.24, 2.45) is 0 Å². The molecule has 0 aliphatic rings. The van der Waals surface area contributed by atoms with Crippen molar-refractivity contribution in [1.29, 1.82) is 0 Å². The Bertz CT molecular complexity index is 389. The van der Waals surface area contributed by atoms with Crippen molar-refractivity contribution in [3.05, 3.63) is 28.3 Å². The summed E-state index contributed by atoms with van der Waals surface area (Å²) in [5.41, 5.74) is -0.0658. The molecule has 0 fully saturated rings. The minimum atomic E-state index is -2.63. The molecule has 16 heavy (non-hydrogen) atoms.